The zero-order valence-electron chi connectivity index (χ0n) is 9.95. The van der Waals surface area contributed by atoms with E-state index < -0.39 is 17.9 Å². The van der Waals surface area contributed by atoms with Crippen LogP contribution in [0.15, 0.2) is 24.3 Å². The van der Waals surface area contributed by atoms with Gasteiger partial charge in [-0.2, -0.15) is 13.2 Å². The number of ether oxygens (including phenoxy) is 2. The largest absolute Gasteiger partial charge is 0.513 e. The van der Waals surface area contributed by atoms with E-state index in [1.54, 1.807) is 0 Å². The van der Waals surface area contributed by atoms with E-state index in [-0.39, 0.29) is 18.3 Å². The van der Waals surface area contributed by atoms with Crippen LogP contribution in [0.2, 0.25) is 0 Å². The molecule has 3 nitrogen and oxygen atoms in total. The first kappa shape index (κ1) is 14.3. The highest BCUT2D eigenvalue weighted by Gasteiger charge is 2.30. The van der Waals surface area contributed by atoms with Gasteiger partial charge in [0.1, 0.15) is 5.75 Å². The average Bonchev–Trinajstić information content (AvgIpc) is 2.25. The number of carbonyl (C=O) groups excluding carboxylic acids is 1. The van der Waals surface area contributed by atoms with Crippen molar-refractivity contribution in [2.45, 2.75) is 20.0 Å². The van der Waals surface area contributed by atoms with E-state index in [0.29, 0.717) is 0 Å². The van der Waals surface area contributed by atoms with Crippen molar-refractivity contribution in [2.75, 3.05) is 6.61 Å². The van der Waals surface area contributed by atoms with E-state index in [1.165, 1.54) is 6.07 Å². The predicted molar refractivity (Wildman–Crippen MR) is 58.3 cm³/mol. The lowest BCUT2D eigenvalue weighted by Crippen LogP contribution is -2.14. The van der Waals surface area contributed by atoms with E-state index in [1.807, 2.05) is 13.8 Å². The van der Waals surface area contributed by atoms with Crippen LogP contribution in [0, 0.1) is 5.92 Å². The van der Waals surface area contributed by atoms with Gasteiger partial charge in [0.05, 0.1) is 12.2 Å². The fraction of sp³-hybridized carbons (Fsp3) is 0.417. The molecule has 0 saturated carbocycles. The molecule has 100 valence electrons. The van der Waals surface area contributed by atoms with Crippen LogP contribution in [0.4, 0.5) is 18.0 Å². The van der Waals surface area contributed by atoms with Crippen molar-refractivity contribution in [2.24, 2.45) is 5.92 Å². The van der Waals surface area contributed by atoms with Crippen molar-refractivity contribution in [1.29, 1.82) is 0 Å². The number of hydrogen-bond donors (Lipinski definition) is 0. The molecule has 0 heterocycles. The Balaban J connectivity index is 2.65. The van der Waals surface area contributed by atoms with Gasteiger partial charge in [0.15, 0.2) is 0 Å². The van der Waals surface area contributed by atoms with Crippen molar-refractivity contribution in [3.8, 4) is 5.75 Å². The first-order chi connectivity index (χ1) is 8.29. The fourth-order valence-electron chi connectivity index (χ4n) is 1.10. The number of rotatable bonds is 3. The Kier molecular flexibility index (Phi) is 4.58. The summed E-state index contributed by atoms with van der Waals surface area (Å²) in [5, 5.41) is 0. The first-order valence-electron chi connectivity index (χ1n) is 5.31. The maximum atomic E-state index is 12.4. The van der Waals surface area contributed by atoms with Crippen molar-refractivity contribution >= 4 is 6.16 Å². The van der Waals surface area contributed by atoms with Crippen LogP contribution in [0.3, 0.4) is 0 Å². The van der Waals surface area contributed by atoms with E-state index in [0.717, 1.165) is 18.2 Å². The van der Waals surface area contributed by atoms with Crippen molar-refractivity contribution in [1.82, 2.24) is 0 Å². The normalized spacial score (nSPS) is 11.4. The lowest BCUT2D eigenvalue weighted by atomic mass is 10.2. The van der Waals surface area contributed by atoms with Gasteiger partial charge in [0.25, 0.3) is 0 Å². The van der Waals surface area contributed by atoms with E-state index in [2.05, 4.69) is 4.74 Å². The van der Waals surface area contributed by atoms with Gasteiger partial charge in [-0.15, -0.1) is 0 Å². The molecule has 6 heteroatoms. The highest BCUT2D eigenvalue weighted by atomic mass is 19.4. The third-order valence-corrected chi connectivity index (χ3v) is 1.90. The zero-order valence-corrected chi connectivity index (χ0v) is 9.95. The number of carbonyl (C=O) groups is 1. The average molecular weight is 262 g/mol. The summed E-state index contributed by atoms with van der Waals surface area (Å²) in [7, 11) is 0. The smallest absolute Gasteiger partial charge is 0.434 e. The van der Waals surface area contributed by atoms with E-state index in [4.69, 9.17) is 4.74 Å². The molecule has 1 rings (SSSR count). The van der Waals surface area contributed by atoms with Gasteiger partial charge in [-0.3, -0.25) is 0 Å². The maximum absolute atomic E-state index is 12.4. The second-order valence-corrected chi connectivity index (χ2v) is 4.08. The summed E-state index contributed by atoms with van der Waals surface area (Å²) in [5.41, 5.74) is -0.878. The second kappa shape index (κ2) is 5.75. The third-order valence-electron chi connectivity index (χ3n) is 1.90. The number of alkyl halides is 3. The molecule has 0 aliphatic carbocycles. The van der Waals surface area contributed by atoms with Gasteiger partial charge in [0, 0.05) is 0 Å². The van der Waals surface area contributed by atoms with Gasteiger partial charge in [-0.1, -0.05) is 19.9 Å². The Labute approximate surface area is 103 Å². The molecular weight excluding hydrogens is 249 g/mol. The Hall–Kier alpha value is -1.72. The predicted octanol–water partition coefficient (Wildman–Crippen LogP) is 3.88. The SMILES string of the molecule is CC(C)COC(=O)Oc1cccc(C(F)(F)F)c1. The van der Waals surface area contributed by atoms with Gasteiger partial charge < -0.3 is 9.47 Å². The van der Waals surface area contributed by atoms with E-state index >= 15 is 0 Å². The van der Waals surface area contributed by atoms with Crippen LogP contribution < -0.4 is 4.74 Å². The fourth-order valence-corrected chi connectivity index (χ4v) is 1.10. The minimum absolute atomic E-state index is 0.124. The lowest BCUT2D eigenvalue weighted by Gasteiger charge is -2.10. The molecule has 0 unspecified atom stereocenters. The molecule has 0 fully saturated rings. The summed E-state index contributed by atoms with van der Waals surface area (Å²) < 4.78 is 46.5. The van der Waals surface area contributed by atoms with Crippen LogP contribution in [0.25, 0.3) is 0 Å². The summed E-state index contributed by atoms with van der Waals surface area (Å²) in [5.74, 6) is -0.0716. The molecule has 1 aromatic carbocycles. The Morgan fingerprint density at radius 1 is 1.33 bits per heavy atom. The molecule has 0 bridgehead atoms. The van der Waals surface area contributed by atoms with Crippen LogP contribution in [-0.2, 0) is 10.9 Å². The summed E-state index contributed by atoms with van der Waals surface area (Å²) in [6, 6.07) is 4.06. The van der Waals surface area contributed by atoms with Crippen molar-refractivity contribution < 1.29 is 27.4 Å². The highest BCUT2D eigenvalue weighted by Crippen LogP contribution is 2.31. The molecule has 0 atom stereocenters. The van der Waals surface area contributed by atoms with Gasteiger partial charge >= 0.3 is 12.3 Å². The van der Waals surface area contributed by atoms with Gasteiger partial charge in [0.2, 0.25) is 0 Å². The third kappa shape index (κ3) is 4.65. The lowest BCUT2D eigenvalue weighted by molar-refractivity contribution is -0.137. The minimum atomic E-state index is -4.47. The number of halogens is 3. The van der Waals surface area contributed by atoms with Crippen LogP contribution in [0.5, 0.6) is 5.75 Å². The molecule has 0 amide bonds. The molecule has 0 spiro atoms. The summed E-state index contributed by atoms with van der Waals surface area (Å²) in [6.07, 6.45) is -5.48. The van der Waals surface area contributed by atoms with Crippen LogP contribution >= 0.6 is 0 Å². The zero-order chi connectivity index (χ0) is 13.8. The molecule has 0 aliphatic heterocycles. The quantitative estimate of drug-likeness (QED) is 0.612. The van der Waals surface area contributed by atoms with Crippen molar-refractivity contribution in [3.05, 3.63) is 29.8 Å². The molecule has 0 radical (unpaired) electrons. The molecule has 0 aliphatic rings. The Morgan fingerprint density at radius 2 is 2.00 bits per heavy atom. The highest BCUT2D eigenvalue weighted by molar-refractivity contribution is 5.63. The molecule has 0 N–H and O–H groups in total. The van der Waals surface area contributed by atoms with Crippen LogP contribution in [0.1, 0.15) is 19.4 Å². The standard InChI is InChI=1S/C12H13F3O3/c1-8(2)7-17-11(16)18-10-5-3-4-9(6-10)12(13,14)15/h3-6,8H,7H2,1-2H3. The molecule has 1 aromatic rings. The van der Waals surface area contributed by atoms with Gasteiger partial charge in [-0.25, -0.2) is 4.79 Å². The molecule has 0 saturated heterocycles. The van der Waals surface area contributed by atoms with Gasteiger partial charge in [-0.05, 0) is 24.1 Å². The van der Waals surface area contributed by atoms with E-state index in [9.17, 15) is 18.0 Å². The Morgan fingerprint density at radius 3 is 2.56 bits per heavy atom. The first-order valence-corrected chi connectivity index (χ1v) is 5.31. The summed E-state index contributed by atoms with van der Waals surface area (Å²) in [4.78, 5) is 11.2. The number of hydrogen-bond acceptors (Lipinski definition) is 3. The molecule has 0 aromatic heterocycles. The summed E-state index contributed by atoms with van der Waals surface area (Å²) in [6.45, 7) is 3.81. The second-order valence-electron chi connectivity index (χ2n) is 4.08. The van der Waals surface area contributed by atoms with Crippen molar-refractivity contribution in [3.63, 3.8) is 0 Å². The molecular formula is C12H13F3O3. The Bertz CT molecular complexity index is 413. The minimum Gasteiger partial charge on any atom is -0.434 e. The monoisotopic (exact) mass is 262 g/mol. The van der Waals surface area contributed by atoms with Crippen LogP contribution in [-0.4, -0.2) is 12.8 Å². The summed E-state index contributed by atoms with van der Waals surface area (Å²) >= 11 is 0. The number of benzene rings is 1. The maximum Gasteiger partial charge on any atom is 0.513 e. The topological polar surface area (TPSA) is 35.5 Å². The molecule has 18 heavy (non-hydrogen) atoms.